The minimum absolute atomic E-state index is 0.258. The normalized spacial score (nSPS) is 24.0. The fourth-order valence-corrected chi connectivity index (χ4v) is 2.42. The van der Waals surface area contributed by atoms with Crippen LogP contribution in [0.1, 0.15) is 18.9 Å². The third-order valence-corrected chi connectivity index (χ3v) is 3.78. The third kappa shape index (κ3) is 2.79. The number of anilines is 1. The number of ether oxygens (including phenoxy) is 1. The number of aromatic nitrogens is 1. The summed E-state index contributed by atoms with van der Waals surface area (Å²) in [6.45, 7) is 4.09. The molecule has 5 heteroatoms. The molecule has 0 bridgehead atoms. The van der Waals surface area contributed by atoms with Crippen molar-refractivity contribution in [2.75, 3.05) is 25.1 Å². The summed E-state index contributed by atoms with van der Waals surface area (Å²) in [5.41, 5.74) is 6.51. The van der Waals surface area contributed by atoms with E-state index in [1.165, 1.54) is 0 Å². The Morgan fingerprint density at radius 3 is 3.06 bits per heavy atom. The van der Waals surface area contributed by atoms with Crippen LogP contribution in [-0.4, -0.2) is 36.3 Å². The van der Waals surface area contributed by atoms with Crippen molar-refractivity contribution in [3.63, 3.8) is 0 Å². The zero-order chi connectivity index (χ0) is 13.1. The van der Waals surface area contributed by atoms with E-state index in [2.05, 4.69) is 16.8 Å². The van der Waals surface area contributed by atoms with E-state index in [0.717, 1.165) is 30.9 Å². The third-order valence-electron chi connectivity index (χ3n) is 3.55. The van der Waals surface area contributed by atoms with Gasteiger partial charge in [-0.1, -0.05) is 19.1 Å². The average molecular weight is 265 g/mol. The Morgan fingerprint density at radius 2 is 2.39 bits per heavy atom. The maximum absolute atomic E-state index is 5.65. The predicted molar refractivity (Wildman–Crippen MR) is 76.9 cm³/mol. The summed E-state index contributed by atoms with van der Waals surface area (Å²) in [6.07, 6.45) is 3.12. The molecule has 18 heavy (non-hydrogen) atoms. The van der Waals surface area contributed by atoms with Gasteiger partial charge in [0.2, 0.25) is 0 Å². The molecular formula is C13H19N3OS. The van der Waals surface area contributed by atoms with Gasteiger partial charge in [-0.15, -0.1) is 0 Å². The van der Waals surface area contributed by atoms with E-state index >= 15 is 0 Å². The molecule has 0 spiro atoms. The number of hydrogen-bond acceptors (Lipinski definition) is 4. The van der Waals surface area contributed by atoms with Crippen molar-refractivity contribution in [3.8, 4) is 0 Å². The zero-order valence-corrected chi connectivity index (χ0v) is 11.6. The second-order valence-electron chi connectivity index (χ2n) is 4.75. The molecule has 4 nitrogen and oxygen atoms in total. The molecule has 2 rings (SSSR count). The van der Waals surface area contributed by atoms with Crippen molar-refractivity contribution >= 4 is 23.0 Å². The number of nitrogens with two attached hydrogens (primary N) is 1. The number of nitrogens with zero attached hydrogens (tertiary/aromatic N) is 2. The summed E-state index contributed by atoms with van der Waals surface area (Å²) >= 11 is 4.99. The molecule has 2 atom stereocenters. The van der Waals surface area contributed by atoms with E-state index in [9.17, 15) is 0 Å². The van der Waals surface area contributed by atoms with Crippen LogP contribution >= 0.6 is 12.2 Å². The van der Waals surface area contributed by atoms with Gasteiger partial charge >= 0.3 is 0 Å². The van der Waals surface area contributed by atoms with Crippen molar-refractivity contribution in [1.82, 2.24) is 4.98 Å². The highest BCUT2D eigenvalue weighted by Crippen LogP contribution is 2.23. The van der Waals surface area contributed by atoms with Crippen molar-refractivity contribution < 1.29 is 4.74 Å². The fourth-order valence-electron chi connectivity index (χ4n) is 2.29. The van der Waals surface area contributed by atoms with E-state index in [0.29, 0.717) is 10.9 Å². The van der Waals surface area contributed by atoms with Crippen molar-refractivity contribution in [2.45, 2.75) is 19.4 Å². The molecule has 2 unspecified atom stereocenters. The number of pyridine rings is 1. The smallest absolute Gasteiger partial charge is 0.129 e. The van der Waals surface area contributed by atoms with Gasteiger partial charge in [0, 0.05) is 32.0 Å². The lowest BCUT2D eigenvalue weighted by Gasteiger charge is -2.37. The van der Waals surface area contributed by atoms with E-state index in [-0.39, 0.29) is 6.10 Å². The summed E-state index contributed by atoms with van der Waals surface area (Å²) < 4.78 is 5.51. The number of thiocarbonyl (C=S) groups is 1. The van der Waals surface area contributed by atoms with Gasteiger partial charge in [0.25, 0.3) is 0 Å². The van der Waals surface area contributed by atoms with Gasteiger partial charge in [-0.05, 0) is 24.5 Å². The Morgan fingerprint density at radius 1 is 1.61 bits per heavy atom. The summed E-state index contributed by atoms with van der Waals surface area (Å²) in [6, 6.07) is 3.79. The molecule has 1 aromatic rings. The number of hydrogen-bond donors (Lipinski definition) is 1. The van der Waals surface area contributed by atoms with Crippen LogP contribution in [0.2, 0.25) is 0 Å². The Balaban J connectivity index is 2.16. The molecule has 1 saturated heterocycles. The first-order valence-corrected chi connectivity index (χ1v) is 6.56. The Kier molecular flexibility index (Phi) is 4.14. The van der Waals surface area contributed by atoms with Crippen molar-refractivity contribution in [2.24, 2.45) is 11.7 Å². The van der Waals surface area contributed by atoms with Gasteiger partial charge in [0.1, 0.15) is 10.8 Å². The molecule has 1 aromatic heterocycles. The molecular weight excluding hydrogens is 246 g/mol. The minimum atomic E-state index is 0.258. The van der Waals surface area contributed by atoms with Gasteiger partial charge in [0.05, 0.1) is 6.10 Å². The molecule has 1 aliphatic rings. The highest BCUT2D eigenvalue weighted by Gasteiger charge is 2.26. The van der Waals surface area contributed by atoms with E-state index in [1.807, 2.05) is 12.1 Å². The molecule has 0 radical (unpaired) electrons. The van der Waals surface area contributed by atoms with E-state index < -0.39 is 0 Å². The highest BCUT2D eigenvalue weighted by molar-refractivity contribution is 7.80. The zero-order valence-electron chi connectivity index (χ0n) is 10.8. The topological polar surface area (TPSA) is 51.4 Å². The molecule has 1 aliphatic heterocycles. The van der Waals surface area contributed by atoms with Crippen LogP contribution in [0.5, 0.6) is 0 Å². The van der Waals surface area contributed by atoms with Gasteiger partial charge in [-0.25, -0.2) is 4.98 Å². The lowest BCUT2D eigenvalue weighted by molar-refractivity contribution is 0.0496. The Labute approximate surface area is 113 Å². The van der Waals surface area contributed by atoms with Crippen LogP contribution in [0.3, 0.4) is 0 Å². The average Bonchev–Trinajstić information content (AvgIpc) is 2.39. The predicted octanol–water partition coefficient (Wildman–Crippen LogP) is 1.58. The SMILES string of the molecule is COC1CN(c2cc(C(N)=S)ccn2)CCC1C. The lowest BCUT2D eigenvalue weighted by atomic mass is 9.96. The van der Waals surface area contributed by atoms with Gasteiger partial charge in [-0.2, -0.15) is 0 Å². The summed E-state index contributed by atoms with van der Waals surface area (Å²) in [5, 5.41) is 0. The highest BCUT2D eigenvalue weighted by atomic mass is 32.1. The van der Waals surface area contributed by atoms with Crippen molar-refractivity contribution in [3.05, 3.63) is 23.9 Å². The van der Waals surface area contributed by atoms with Gasteiger partial charge in [0.15, 0.2) is 0 Å². The summed E-state index contributed by atoms with van der Waals surface area (Å²) in [4.78, 5) is 7.04. The molecule has 1 fully saturated rings. The van der Waals surface area contributed by atoms with Crippen LogP contribution in [0.4, 0.5) is 5.82 Å². The molecule has 0 aromatic carbocycles. The van der Waals surface area contributed by atoms with Gasteiger partial charge < -0.3 is 15.4 Å². The maximum atomic E-state index is 5.65. The van der Waals surface area contributed by atoms with Crippen molar-refractivity contribution in [1.29, 1.82) is 0 Å². The standard InChI is InChI=1S/C13H19N3OS/c1-9-4-6-16(8-11(9)17-2)12-7-10(13(14)18)3-5-15-12/h3,5,7,9,11H,4,6,8H2,1-2H3,(H2,14,18). The molecule has 98 valence electrons. The molecule has 2 heterocycles. The van der Waals surface area contributed by atoms with Crippen LogP contribution in [0.15, 0.2) is 18.3 Å². The summed E-state index contributed by atoms with van der Waals surface area (Å²) in [7, 11) is 1.77. The van der Waals surface area contributed by atoms with Gasteiger partial charge in [-0.3, -0.25) is 0 Å². The van der Waals surface area contributed by atoms with Crippen LogP contribution in [-0.2, 0) is 4.74 Å². The molecule has 0 saturated carbocycles. The maximum Gasteiger partial charge on any atom is 0.129 e. The molecule has 0 aliphatic carbocycles. The molecule has 2 N–H and O–H groups in total. The van der Waals surface area contributed by atoms with Crippen LogP contribution in [0, 0.1) is 5.92 Å². The fraction of sp³-hybridized carbons (Fsp3) is 0.538. The number of rotatable bonds is 3. The van der Waals surface area contributed by atoms with Crippen LogP contribution in [0.25, 0.3) is 0 Å². The first-order valence-electron chi connectivity index (χ1n) is 6.15. The van der Waals surface area contributed by atoms with E-state index in [4.69, 9.17) is 22.7 Å². The van der Waals surface area contributed by atoms with E-state index in [1.54, 1.807) is 13.3 Å². The number of piperidine rings is 1. The first kappa shape index (κ1) is 13.2. The Hall–Kier alpha value is -1.20. The van der Waals surface area contributed by atoms with Crippen LogP contribution < -0.4 is 10.6 Å². The summed E-state index contributed by atoms with van der Waals surface area (Å²) in [5.74, 6) is 1.51. The second kappa shape index (κ2) is 5.63. The first-order chi connectivity index (χ1) is 8.61. The second-order valence-corrected chi connectivity index (χ2v) is 5.19. The quantitative estimate of drug-likeness (QED) is 0.841. The monoisotopic (exact) mass is 265 g/mol. The minimum Gasteiger partial charge on any atom is -0.389 e. The molecule has 0 amide bonds. The number of methoxy groups -OCH3 is 1. The Bertz CT molecular complexity index is 438. The largest absolute Gasteiger partial charge is 0.389 e. The lowest BCUT2D eigenvalue weighted by Crippen LogP contribution is -2.44.